The Labute approximate surface area is 141 Å². The SMILES string of the molecule is CNC(=O)C[C@H]1CC[C@@H](CNC(=O)CNc2ccc(F)cc2)N1C. The third-order valence-corrected chi connectivity index (χ3v) is 4.52. The molecule has 0 radical (unpaired) electrons. The standard InChI is InChI=1S/C17H25FN4O2/c1-19-16(23)9-14-7-8-15(22(14)2)10-21-17(24)11-20-13-5-3-12(18)4-6-13/h3-6,14-15,20H,7-11H2,1-2H3,(H,19,23)(H,21,24)/t14-,15+/m1/s1. The molecule has 7 heteroatoms. The minimum atomic E-state index is -0.305. The van der Waals surface area contributed by atoms with Crippen LogP contribution in [0.25, 0.3) is 0 Å². The Hall–Kier alpha value is -2.15. The number of rotatable bonds is 7. The van der Waals surface area contributed by atoms with Gasteiger partial charge in [-0.1, -0.05) is 0 Å². The summed E-state index contributed by atoms with van der Waals surface area (Å²) < 4.78 is 12.8. The van der Waals surface area contributed by atoms with Crippen LogP contribution in [0, 0.1) is 5.82 Å². The van der Waals surface area contributed by atoms with E-state index >= 15 is 0 Å². The lowest BCUT2D eigenvalue weighted by Gasteiger charge is -2.25. The van der Waals surface area contributed by atoms with Crippen molar-refractivity contribution in [3.05, 3.63) is 30.1 Å². The number of likely N-dealkylation sites (N-methyl/N-ethyl adjacent to an activating group) is 1. The van der Waals surface area contributed by atoms with Gasteiger partial charge in [-0.05, 0) is 44.2 Å². The molecule has 0 unspecified atom stereocenters. The molecule has 2 amide bonds. The number of anilines is 1. The maximum atomic E-state index is 12.8. The van der Waals surface area contributed by atoms with Crippen molar-refractivity contribution in [1.82, 2.24) is 15.5 Å². The third-order valence-electron chi connectivity index (χ3n) is 4.52. The summed E-state index contributed by atoms with van der Waals surface area (Å²) in [5.74, 6) is -0.372. The molecule has 24 heavy (non-hydrogen) atoms. The molecule has 6 nitrogen and oxygen atoms in total. The third kappa shape index (κ3) is 5.19. The van der Waals surface area contributed by atoms with Crippen molar-refractivity contribution >= 4 is 17.5 Å². The van der Waals surface area contributed by atoms with E-state index < -0.39 is 0 Å². The fourth-order valence-corrected chi connectivity index (χ4v) is 2.94. The Bertz CT molecular complexity index is 564. The molecule has 0 bridgehead atoms. The van der Waals surface area contributed by atoms with E-state index in [1.807, 2.05) is 7.05 Å². The molecule has 0 saturated carbocycles. The van der Waals surface area contributed by atoms with Crippen molar-refractivity contribution in [3.8, 4) is 0 Å². The molecule has 1 aliphatic rings. The van der Waals surface area contributed by atoms with Crippen LogP contribution in [0.1, 0.15) is 19.3 Å². The lowest BCUT2D eigenvalue weighted by atomic mass is 10.1. The summed E-state index contributed by atoms with van der Waals surface area (Å²) in [6.45, 7) is 0.703. The highest BCUT2D eigenvalue weighted by Crippen LogP contribution is 2.24. The zero-order valence-corrected chi connectivity index (χ0v) is 14.1. The zero-order chi connectivity index (χ0) is 17.5. The number of carbonyl (C=O) groups excluding carboxylic acids is 2. The van der Waals surface area contributed by atoms with Crippen LogP contribution in [0.4, 0.5) is 10.1 Å². The van der Waals surface area contributed by atoms with E-state index in [-0.39, 0.29) is 36.3 Å². The predicted molar refractivity (Wildman–Crippen MR) is 91.2 cm³/mol. The van der Waals surface area contributed by atoms with E-state index in [2.05, 4.69) is 20.9 Å². The molecule has 1 saturated heterocycles. The molecule has 0 aliphatic carbocycles. The van der Waals surface area contributed by atoms with Crippen LogP contribution < -0.4 is 16.0 Å². The van der Waals surface area contributed by atoms with Gasteiger partial charge in [0, 0.05) is 37.8 Å². The van der Waals surface area contributed by atoms with Gasteiger partial charge in [0.25, 0.3) is 0 Å². The summed E-state index contributed by atoms with van der Waals surface area (Å²) in [6, 6.07) is 6.35. The number of carbonyl (C=O) groups is 2. The van der Waals surface area contributed by atoms with E-state index in [0.29, 0.717) is 18.7 Å². The van der Waals surface area contributed by atoms with Gasteiger partial charge in [-0.25, -0.2) is 4.39 Å². The molecule has 1 aliphatic heterocycles. The summed E-state index contributed by atoms with van der Waals surface area (Å²) in [5, 5.41) is 8.51. The molecular weight excluding hydrogens is 311 g/mol. The second-order valence-electron chi connectivity index (χ2n) is 6.09. The number of halogens is 1. The first-order valence-corrected chi connectivity index (χ1v) is 8.18. The second kappa shape index (κ2) is 8.63. The first-order valence-electron chi connectivity index (χ1n) is 8.18. The number of benzene rings is 1. The Morgan fingerprint density at radius 1 is 1.17 bits per heavy atom. The van der Waals surface area contributed by atoms with Crippen LogP contribution in [0.3, 0.4) is 0 Å². The van der Waals surface area contributed by atoms with Crippen molar-refractivity contribution in [2.75, 3.05) is 32.5 Å². The van der Waals surface area contributed by atoms with Crippen LogP contribution in [-0.2, 0) is 9.59 Å². The number of amides is 2. The van der Waals surface area contributed by atoms with Gasteiger partial charge >= 0.3 is 0 Å². The maximum Gasteiger partial charge on any atom is 0.239 e. The van der Waals surface area contributed by atoms with Crippen LogP contribution in [0.15, 0.2) is 24.3 Å². The van der Waals surface area contributed by atoms with Crippen molar-refractivity contribution in [3.63, 3.8) is 0 Å². The van der Waals surface area contributed by atoms with Crippen LogP contribution >= 0.6 is 0 Å². The van der Waals surface area contributed by atoms with Crippen LogP contribution in [0.5, 0.6) is 0 Å². The smallest absolute Gasteiger partial charge is 0.239 e. The highest BCUT2D eigenvalue weighted by atomic mass is 19.1. The predicted octanol–water partition coefficient (Wildman–Crippen LogP) is 0.953. The van der Waals surface area contributed by atoms with Crippen LogP contribution in [0.2, 0.25) is 0 Å². The van der Waals surface area contributed by atoms with Gasteiger partial charge in [0.15, 0.2) is 0 Å². The number of nitrogens with zero attached hydrogens (tertiary/aromatic N) is 1. The first-order chi connectivity index (χ1) is 11.5. The molecule has 1 heterocycles. The summed E-state index contributed by atoms with van der Waals surface area (Å²) in [5.41, 5.74) is 0.704. The van der Waals surface area contributed by atoms with Crippen molar-refractivity contribution < 1.29 is 14.0 Å². The molecule has 2 rings (SSSR count). The largest absolute Gasteiger partial charge is 0.376 e. The maximum absolute atomic E-state index is 12.8. The Morgan fingerprint density at radius 3 is 2.50 bits per heavy atom. The van der Waals surface area contributed by atoms with Gasteiger partial charge in [0.1, 0.15) is 5.82 Å². The second-order valence-corrected chi connectivity index (χ2v) is 6.09. The normalized spacial score (nSPS) is 20.6. The Balaban J connectivity index is 1.70. The molecule has 1 aromatic carbocycles. The Morgan fingerprint density at radius 2 is 1.83 bits per heavy atom. The van der Waals surface area contributed by atoms with Crippen LogP contribution in [-0.4, -0.2) is 56.0 Å². The van der Waals surface area contributed by atoms with Gasteiger partial charge in [-0.15, -0.1) is 0 Å². The minimum absolute atomic E-state index is 0.0417. The van der Waals surface area contributed by atoms with Gasteiger partial charge in [0.05, 0.1) is 6.54 Å². The molecule has 0 aromatic heterocycles. The molecule has 1 fully saturated rings. The highest BCUT2D eigenvalue weighted by molar-refractivity contribution is 5.80. The monoisotopic (exact) mass is 336 g/mol. The lowest BCUT2D eigenvalue weighted by molar-refractivity contribution is -0.122. The first kappa shape index (κ1) is 18.2. The molecule has 3 N–H and O–H groups in total. The summed E-state index contributed by atoms with van der Waals surface area (Å²) in [4.78, 5) is 25.6. The number of hydrogen-bond donors (Lipinski definition) is 3. The molecule has 132 valence electrons. The van der Waals surface area contributed by atoms with E-state index in [1.165, 1.54) is 12.1 Å². The number of hydrogen-bond acceptors (Lipinski definition) is 4. The van der Waals surface area contributed by atoms with E-state index in [4.69, 9.17) is 0 Å². The van der Waals surface area contributed by atoms with Gasteiger partial charge in [0.2, 0.25) is 11.8 Å². The fraction of sp³-hybridized carbons (Fsp3) is 0.529. The molecule has 1 aromatic rings. The average Bonchev–Trinajstić information content (AvgIpc) is 2.92. The number of nitrogens with one attached hydrogen (secondary N) is 3. The van der Waals surface area contributed by atoms with E-state index in [1.54, 1.807) is 19.2 Å². The quantitative estimate of drug-likeness (QED) is 0.693. The summed E-state index contributed by atoms with van der Waals surface area (Å²) in [7, 11) is 3.64. The van der Waals surface area contributed by atoms with E-state index in [9.17, 15) is 14.0 Å². The molecule has 2 atom stereocenters. The summed E-state index contributed by atoms with van der Waals surface area (Å²) in [6.07, 6.45) is 2.41. The Kier molecular flexibility index (Phi) is 6.54. The molecule has 0 spiro atoms. The number of likely N-dealkylation sites (tertiary alicyclic amines) is 1. The van der Waals surface area contributed by atoms with Gasteiger partial charge < -0.3 is 16.0 Å². The fourth-order valence-electron chi connectivity index (χ4n) is 2.94. The summed E-state index contributed by atoms with van der Waals surface area (Å²) >= 11 is 0. The minimum Gasteiger partial charge on any atom is -0.376 e. The lowest BCUT2D eigenvalue weighted by Crippen LogP contribution is -2.43. The van der Waals surface area contributed by atoms with Crippen molar-refractivity contribution in [2.24, 2.45) is 0 Å². The van der Waals surface area contributed by atoms with Gasteiger partial charge in [-0.3, -0.25) is 14.5 Å². The zero-order valence-electron chi connectivity index (χ0n) is 14.1. The van der Waals surface area contributed by atoms with Crippen molar-refractivity contribution in [1.29, 1.82) is 0 Å². The van der Waals surface area contributed by atoms with Crippen molar-refractivity contribution in [2.45, 2.75) is 31.3 Å². The van der Waals surface area contributed by atoms with E-state index in [0.717, 1.165) is 12.8 Å². The van der Waals surface area contributed by atoms with Gasteiger partial charge in [-0.2, -0.15) is 0 Å². The highest BCUT2D eigenvalue weighted by Gasteiger charge is 2.31. The topological polar surface area (TPSA) is 73.5 Å². The molecular formula is C17H25FN4O2. The average molecular weight is 336 g/mol.